The summed E-state index contributed by atoms with van der Waals surface area (Å²) in [5.74, 6) is -2.70. The Morgan fingerprint density at radius 1 is 1.17 bits per heavy atom. The van der Waals surface area contributed by atoms with Crippen molar-refractivity contribution in [1.82, 2.24) is 5.32 Å². The summed E-state index contributed by atoms with van der Waals surface area (Å²) in [4.78, 5) is 23.6. The molecule has 2 rings (SSSR count). The fraction of sp³-hybridized carbons (Fsp3) is 0.125. The van der Waals surface area contributed by atoms with E-state index in [0.29, 0.717) is 22.5 Å². The van der Waals surface area contributed by atoms with E-state index in [0.717, 1.165) is 12.1 Å². The molecule has 5 nitrogen and oxygen atoms in total. The normalized spacial score (nSPS) is 10.2. The van der Waals surface area contributed by atoms with Crippen LogP contribution in [0.2, 0.25) is 5.02 Å². The number of carbonyl (C=O) groups is 2. The number of hydrogen-bond donors (Lipinski definition) is 2. The molecule has 0 radical (unpaired) electrons. The Hall–Kier alpha value is -2.67. The molecule has 0 bridgehead atoms. The zero-order valence-corrected chi connectivity index (χ0v) is 13.3. The largest absolute Gasteiger partial charge is 0.495 e. The van der Waals surface area contributed by atoms with Crippen molar-refractivity contribution in [2.75, 3.05) is 19.0 Å². The molecule has 0 spiro atoms. The molecule has 0 aliphatic heterocycles. The van der Waals surface area contributed by atoms with Crippen LogP contribution >= 0.6 is 11.6 Å². The van der Waals surface area contributed by atoms with Crippen molar-refractivity contribution in [3.05, 3.63) is 58.6 Å². The average Bonchev–Trinajstić information content (AvgIpc) is 2.53. The first-order chi connectivity index (χ1) is 11.4. The molecule has 0 aromatic heterocycles. The van der Waals surface area contributed by atoms with E-state index in [-0.39, 0.29) is 12.1 Å². The Balaban J connectivity index is 1.93. The molecule has 2 aromatic rings. The summed E-state index contributed by atoms with van der Waals surface area (Å²) in [6.45, 7) is -0.390. The quantitative estimate of drug-likeness (QED) is 0.867. The minimum atomic E-state index is -1.00. The van der Waals surface area contributed by atoms with Gasteiger partial charge in [-0.3, -0.25) is 9.59 Å². The Morgan fingerprint density at radius 2 is 1.92 bits per heavy atom. The fourth-order valence-corrected chi connectivity index (χ4v) is 2.14. The van der Waals surface area contributed by atoms with Crippen molar-refractivity contribution in [1.29, 1.82) is 0 Å². The van der Waals surface area contributed by atoms with Crippen molar-refractivity contribution in [2.45, 2.75) is 0 Å². The van der Waals surface area contributed by atoms with Crippen LogP contribution in [0.15, 0.2) is 36.4 Å². The molecule has 0 aliphatic rings. The summed E-state index contributed by atoms with van der Waals surface area (Å²) < 4.78 is 31.2. The average molecular weight is 355 g/mol. The fourth-order valence-electron chi connectivity index (χ4n) is 1.88. The van der Waals surface area contributed by atoms with Gasteiger partial charge < -0.3 is 15.4 Å². The number of rotatable bonds is 5. The highest BCUT2D eigenvalue weighted by molar-refractivity contribution is 6.32. The van der Waals surface area contributed by atoms with Crippen molar-refractivity contribution >= 4 is 29.1 Å². The molecular weight excluding hydrogens is 342 g/mol. The van der Waals surface area contributed by atoms with Gasteiger partial charge in [-0.05, 0) is 30.3 Å². The summed E-state index contributed by atoms with van der Waals surface area (Å²) in [6, 6.07) is 7.18. The van der Waals surface area contributed by atoms with Gasteiger partial charge in [-0.1, -0.05) is 11.6 Å². The van der Waals surface area contributed by atoms with Gasteiger partial charge in [0.2, 0.25) is 5.91 Å². The topological polar surface area (TPSA) is 67.4 Å². The lowest BCUT2D eigenvalue weighted by Crippen LogP contribution is -2.33. The lowest BCUT2D eigenvalue weighted by Gasteiger charge is -2.09. The SMILES string of the molecule is COc1ccc(NC(=O)CNC(=O)c2ccc(F)cc2F)cc1Cl. The second-order valence-electron chi connectivity index (χ2n) is 4.70. The standard InChI is InChI=1S/C16H13ClF2N2O3/c1-24-14-5-3-10(7-12(14)17)21-15(22)8-20-16(23)11-4-2-9(18)6-13(11)19/h2-7H,8H2,1H3,(H,20,23)(H,21,22). The molecule has 2 amide bonds. The van der Waals surface area contributed by atoms with Crippen LogP contribution in [0.3, 0.4) is 0 Å². The van der Waals surface area contributed by atoms with Crippen molar-refractivity contribution < 1.29 is 23.1 Å². The van der Waals surface area contributed by atoms with Crippen LogP contribution in [0, 0.1) is 11.6 Å². The monoisotopic (exact) mass is 354 g/mol. The van der Waals surface area contributed by atoms with Crippen molar-refractivity contribution in [3.8, 4) is 5.75 Å². The zero-order chi connectivity index (χ0) is 17.7. The van der Waals surface area contributed by atoms with Crippen LogP contribution < -0.4 is 15.4 Å². The molecule has 126 valence electrons. The van der Waals surface area contributed by atoms with Gasteiger partial charge in [-0.15, -0.1) is 0 Å². The van der Waals surface area contributed by atoms with Crippen molar-refractivity contribution in [3.63, 3.8) is 0 Å². The molecule has 2 N–H and O–H groups in total. The molecular formula is C16H13ClF2N2O3. The van der Waals surface area contributed by atoms with Gasteiger partial charge >= 0.3 is 0 Å². The number of methoxy groups -OCH3 is 1. The highest BCUT2D eigenvalue weighted by Gasteiger charge is 2.13. The van der Waals surface area contributed by atoms with E-state index in [2.05, 4.69) is 10.6 Å². The van der Waals surface area contributed by atoms with E-state index in [4.69, 9.17) is 16.3 Å². The predicted octanol–water partition coefficient (Wildman–Crippen LogP) is 3.00. The third-order valence-corrected chi connectivity index (χ3v) is 3.32. The molecule has 0 heterocycles. The molecule has 0 saturated carbocycles. The first-order valence-corrected chi connectivity index (χ1v) is 7.15. The third kappa shape index (κ3) is 4.42. The van der Waals surface area contributed by atoms with Crippen LogP contribution in [0.5, 0.6) is 5.75 Å². The number of nitrogens with one attached hydrogen (secondary N) is 2. The number of ether oxygens (including phenoxy) is 1. The number of amides is 2. The number of halogens is 3. The maximum atomic E-state index is 13.5. The van der Waals surface area contributed by atoms with E-state index >= 15 is 0 Å². The molecule has 0 aliphatic carbocycles. The van der Waals surface area contributed by atoms with Crippen LogP contribution in [0.4, 0.5) is 14.5 Å². The van der Waals surface area contributed by atoms with Gasteiger partial charge in [0.1, 0.15) is 17.4 Å². The Kier molecular flexibility index (Phi) is 5.70. The summed E-state index contributed by atoms with van der Waals surface area (Å²) in [7, 11) is 1.46. The van der Waals surface area contributed by atoms with E-state index in [9.17, 15) is 18.4 Å². The Labute approximate surface area is 141 Å². The molecule has 0 fully saturated rings. The smallest absolute Gasteiger partial charge is 0.254 e. The van der Waals surface area contributed by atoms with Crippen LogP contribution in [0.1, 0.15) is 10.4 Å². The molecule has 0 unspecified atom stereocenters. The summed E-state index contributed by atoms with van der Waals surface area (Å²) >= 11 is 5.93. The first-order valence-electron chi connectivity index (χ1n) is 6.77. The van der Waals surface area contributed by atoms with Crippen LogP contribution in [0.25, 0.3) is 0 Å². The first kappa shape index (κ1) is 17.7. The summed E-state index contributed by atoms with van der Waals surface area (Å²) in [5.41, 5.74) is 0.0599. The van der Waals surface area contributed by atoms with Gasteiger partial charge in [0.15, 0.2) is 0 Å². The number of benzene rings is 2. The third-order valence-electron chi connectivity index (χ3n) is 3.02. The van der Waals surface area contributed by atoms with Gasteiger partial charge in [-0.25, -0.2) is 8.78 Å². The Bertz CT molecular complexity index is 784. The Morgan fingerprint density at radius 3 is 2.54 bits per heavy atom. The highest BCUT2D eigenvalue weighted by atomic mass is 35.5. The van der Waals surface area contributed by atoms with Gasteiger partial charge in [0.25, 0.3) is 5.91 Å². The minimum Gasteiger partial charge on any atom is -0.495 e. The van der Waals surface area contributed by atoms with Gasteiger partial charge in [-0.2, -0.15) is 0 Å². The van der Waals surface area contributed by atoms with E-state index in [1.807, 2.05) is 0 Å². The maximum absolute atomic E-state index is 13.5. The number of carbonyl (C=O) groups excluding carboxylic acids is 2. The maximum Gasteiger partial charge on any atom is 0.254 e. The molecule has 24 heavy (non-hydrogen) atoms. The summed E-state index contributed by atoms with van der Waals surface area (Å²) in [6.07, 6.45) is 0. The second kappa shape index (κ2) is 7.74. The van der Waals surface area contributed by atoms with E-state index in [1.165, 1.54) is 13.2 Å². The van der Waals surface area contributed by atoms with Crippen molar-refractivity contribution in [2.24, 2.45) is 0 Å². The van der Waals surface area contributed by atoms with Crippen LogP contribution in [-0.4, -0.2) is 25.5 Å². The van der Waals surface area contributed by atoms with Crippen LogP contribution in [-0.2, 0) is 4.79 Å². The second-order valence-corrected chi connectivity index (χ2v) is 5.11. The molecule has 8 heteroatoms. The van der Waals surface area contributed by atoms with Gasteiger partial charge in [0.05, 0.1) is 24.2 Å². The number of hydrogen-bond acceptors (Lipinski definition) is 3. The van der Waals surface area contributed by atoms with E-state index in [1.54, 1.807) is 12.1 Å². The molecule has 0 atom stereocenters. The lowest BCUT2D eigenvalue weighted by atomic mass is 10.2. The zero-order valence-electron chi connectivity index (χ0n) is 12.5. The predicted molar refractivity (Wildman–Crippen MR) is 85.3 cm³/mol. The highest BCUT2D eigenvalue weighted by Crippen LogP contribution is 2.27. The molecule has 2 aromatic carbocycles. The molecule has 0 saturated heterocycles. The van der Waals surface area contributed by atoms with E-state index < -0.39 is 23.4 Å². The lowest BCUT2D eigenvalue weighted by molar-refractivity contribution is -0.115. The summed E-state index contributed by atoms with van der Waals surface area (Å²) in [5, 5.41) is 5.08. The van der Waals surface area contributed by atoms with Gasteiger partial charge in [0, 0.05) is 11.8 Å². The number of anilines is 1. The minimum absolute atomic E-state index is 0.313.